The highest BCUT2D eigenvalue weighted by Crippen LogP contribution is 2.33. The Bertz CT molecular complexity index is 979. The minimum Gasteiger partial charge on any atom is -0.475 e. The maximum atomic E-state index is 10.6. The summed E-state index contributed by atoms with van der Waals surface area (Å²) in [6.45, 7) is 6.50. The molecule has 3 rings (SSSR count). The number of carbonyl (C=O) groups is 1. The summed E-state index contributed by atoms with van der Waals surface area (Å²) >= 11 is 0. The molecule has 0 saturated carbocycles. The van der Waals surface area contributed by atoms with Crippen molar-refractivity contribution >= 4 is 16.9 Å². The van der Waals surface area contributed by atoms with Gasteiger partial charge < -0.3 is 19.8 Å². The number of aliphatic carboxylic acids is 1. The molecule has 1 aromatic carbocycles. The molecule has 2 aromatic heterocycles. The molecule has 0 aliphatic heterocycles. The van der Waals surface area contributed by atoms with Crippen molar-refractivity contribution in [3.05, 3.63) is 42.0 Å². The number of carboxylic acids is 1. The van der Waals surface area contributed by atoms with Crippen molar-refractivity contribution in [2.45, 2.75) is 45.8 Å². The fraction of sp³-hybridized carbons (Fsp3) is 0.429. The van der Waals surface area contributed by atoms with Crippen molar-refractivity contribution in [3.8, 4) is 11.3 Å². The standard InChI is InChI=1S/C19H25N3O.C2HF3O2/c1-5-12(2)10-17(20-4)19-22-13(3)18(23-19)15-11-21-16-9-7-6-8-14(15)16;3-2(4,5)1(6)7/h6-9,11-12,17,20-21H,5,10H2,1-4H3;(H,6,7)/t12-,17+;/m1./s1. The highest BCUT2D eigenvalue weighted by atomic mass is 19.4. The van der Waals surface area contributed by atoms with Crippen LogP contribution in [0, 0.1) is 12.8 Å². The average molecular weight is 425 g/mol. The van der Waals surface area contributed by atoms with Gasteiger partial charge in [0.1, 0.15) is 0 Å². The van der Waals surface area contributed by atoms with Gasteiger partial charge in [0.15, 0.2) is 5.76 Å². The molecule has 6 nitrogen and oxygen atoms in total. The Hall–Kier alpha value is -2.81. The van der Waals surface area contributed by atoms with Gasteiger partial charge in [-0.15, -0.1) is 0 Å². The molecule has 2 heterocycles. The van der Waals surface area contributed by atoms with Crippen molar-refractivity contribution in [2.24, 2.45) is 5.92 Å². The van der Waals surface area contributed by atoms with Crippen LogP contribution in [0.1, 0.15) is 44.3 Å². The molecule has 0 unspecified atom stereocenters. The van der Waals surface area contributed by atoms with Crippen LogP contribution in [0.15, 0.2) is 34.9 Å². The molecule has 3 N–H and O–H groups in total. The molecule has 0 bridgehead atoms. The smallest absolute Gasteiger partial charge is 0.475 e. The van der Waals surface area contributed by atoms with Crippen LogP contribution >= 0.6 is 0 Å². The number of H-pyrrole nitrogens is 1. The molecule has 0 aliphatic rings. The largest absolute Gasteiger partial charge is 0.490 e. The molecule has 0 radical (unpaired) electrons. The van der Waals surface area contributed by atoms with E-state index in [1.165, 1.54) is 5.39 Å². The topological polar surface area (TPSA) is 91.2 Å². The first-order valence-corrected chi connectivity index (χ1v) is 9.59. The molecule has 2 atom stereocenters. The Labute approximate surface area is 172 Å². The Morgan fingerprint density at radius 3 is 2.53 bits per heavy atom. The number of alkyl halides is 3. The number of aromatic amines is 1. The lowest BCUT2D eigenvalue weighted by atomic mass is 9.99. The fourth-order valence-electron chi connectivity index (χ4n) is 2.99. The lowest BCUT2D eigenvalue weighted by Gasteiger charge is -2.16. The summed E-state index contributed by atoms with van der Waals surface area (Å²) in [5.74, 6) is -0.476. The van der Waals surface area contributed by atoms with E-state index in [0.717, 1.165) is 41.3 Å². The van der Waals surface area contributed by atoms with Gasteiger partial charge in [0, 0.05) is 22.7 Å². The number of para-hydroxylation sites is 1. The third-order valence-corrected chi connectivity index (χ3v) is 4.87. The number of halogens is 3. The first kappa shape index (κ1) is 23.5. The third kappa shape index (κ3) is 5.63. The molecule has 30 heavy (non-hydrogen) atoms. The van der Waals surface area contributed by atoms with Gasteiger partial charge in [-0.2, -0.15) is 13.2 Å². The molecule has 3 aromatic rings. The van der Waals surface area contributed by atoms with E-state index >= 15 is 0 Å². The van der Waals surface area contributed by atoms with E-state index < -0.39 is 12.1 Å². The number of oxazole rings is 1. The molecule has 164 valence electrons. The van der Waals surface area contributed by atoms with E-state index in [4.69, 9.17) is 14.3 Å². The van der Waals surface area contributed by atoms with E-state index in [1.807, 2.05) is 32.3 Å². The van der Waals surface area contributed by atoms with Crippen LogP contribution in [0.2, 0.25) is 0 Å². The minimum absolute atomic E-state index is 0.155. The van der Waals surface area contributed by atoms with Crippen LogP contribution < -0.4 is 5.32 Å². The maximum Gasteiger partial charge on any atom is 0.490 e. The highest BCUT2D eigenvalue weighted by molar-refractivity contribution is 5.94. The summed E-state index contributed by atoms with van der Waals surface area (Å²) in [5, 5.41) is 11.6. The maximum absolute atomic E-state index is 10.6. The summed E-state index contributed by atoms with van der Waals surface area (Å²) in [6.07, 6.45) is -0.890. The lowest BCUT2D eigenvalue weighted by Crippen LogP contribution is -2.21. The third-order valence-electron chi connectivity index (χ3n) is 4.87. The van der Waals surface area contributed by atoms with Gasteiger partial charge in [0.25, 0.3) is 0 Å². The van der Waals surface area contributed by atoms with Gasteiger partial charge in [-0.1, -0.05) is 38.5 Å². The van der Waals surface area contributed by atoms with Gasteiger partial charge in [0.05, 0.1) is 11.7 Å². The van der Waals surface area contributed by atoms with Crippen LogP contribution in [0.5, 0.6) is 0 Å². The van der Waals surface area contributed by atoms with Crippen LogP contribution in [0.25, 0.3) is 22.2 Å². The average Bonchev–Trinajstić information content (AvgIpc) is 3.28. The first-order valence-electron chi connectivity index (χ1n) is 9.59. The number of rotatable bonds is 6. The zero-order chi connectivity index (χ0) is 22.5. The number of aromatic nitrogens is 2. The van der Waals surface area contributed by atoms with E-state index in [9.17, 15) is 13.2 Å². The number of aryl methyl sites for hydroxylation is 1. The number of benzene rings is 1. The zero-order valence-electron chi connectivity index (χ0n) is 17.3. The van der Waals surface area contributed by atoms with Crippen LogP contribution in [0.4, 0.5) is 13.2 Å². The highest BCUT2D eigenvalue weighted by Gasteiger charge is 2.38. The number of hydrogen-bond acceptors (Lipinski definition) is 4. The second-order valence-electron chi connectivity index (χ2n) is 7.11. The predicted octanol–water partition coefficient (Wildman–Crippen LogP) is 5.46. The van der Waals surface area contributed by atoms with Crippen LogP contribution in [-0.2, 0) is 4.79 Å². The molecule has 0 amide bonds. The lowest BCUT2D eigenvalue weighted by molar-refractivity contribution is -0.192. The minimum atomic E-state index is -5.08. The molecule has 9 heteroatoms. The molecule has 0 spiro atoms. The van der Waals surface area contributed by atoms with Gasteiger partial charge >= 0.3 is 12.1 Å². The van der Waals surface area contributed by atoms with Crippen molar-refractivity contribution in [1.82, 2.24) is 15.3 Å². The van der Waals surface area contributed by atoms with E-state index in [1.54, 1.807) is 0 Å². The van der Waals surface area contributed by atoms with E-state index in [2.05, 4.69) is 41.3 Å². The summed E-state index contributed by atoms with van der Waals surface area (Å²) < 4.78 is 37.9. The summed E-state index contributed by atoms with van der Waals surface area (Å²) in [5.41, 5.74) is 3.13. The van der Waals surface area contributed by atoms with E-state index in [0.29, 0.717) is 5.92 Å². The molecular weight excluding hydrogens is 399 g/mol. The fourth-order valence-corrected chi connectivity index (χ4v) is 2.99. The molecule has 0 fully saturated rings. The van der Waals surface area contributed by atoms with Crippen LogP contribution in [0.3, 0.4) is 0 Å². The molecule has 0 saturated heterocycles. The van der Waals surface area contributed by atoms with Gasteiger partial charge in [-0.25, -0.2) is 9.78 Å². The number of carboxylic acid groups (broad SMARTS) is 1. The van der Waals surface area contributed by atoms with Gasteiger partial charge in [-0.3, -0.25) is 0 Å². The summed E-state index contributed by atoms with van der Waals surface area (Å²) in [7, 11) is 1.97. The van der Waals surface area contributed by atoms with Crippen molar-refractivity contribution in [3.63, 3.8) is 0 Å². The Morgan fingerprint density at radius 2 is 1.97 bits per heavy atom. The van der Waals surface area contributed by atoms with Gasteiger partial charge in [0.2, 0.25) is 5.89 Å². The Balaban J connectivity index is 0.000000396. The van der Waals surface area contributed by atoms with Crippen molar-refractivity contribution < 1.29 is 27.5 Å². The first-order chi connectivity index (χ1) is 14.1. The molecular formula is C21H26F3N3O3. The Kier molecular flexibility index (Phi) is 7.66. The van der Waals surface area contributed by atoms with E-state index in [-0.39, 0.29) is 6.04 Å². The van der Waals surface area contributed by atoms with Crippen LogP contribution in [-0.4, -0.2) is 34.3 Å². The predicted molar refractivity (Wildman–Crippen MR) is 108 cm³/mol. The number of nitrogens with zero attached hydrogens (tertiary/aromatic N) is 1. The number of fused-ring (bicyclic) bond motifs is 1. The second kappa shape index (κ2) is 9.80. The molecule has 0 aliphatic carbocycles. The van der Waals surface area contributed by atoms with Crippen molar-refractivity contribution in [1.29, 1.82) is 0 Å². The summed E-state index contributed by atoms with van der Waals surface area (Å²) in [6, 6.07) is 8.42. The van der Waals surface area contributed by atoms with Gasteiger partial charge in [-0.05, 0) is 32.4 Å². The SMILES string of the molecule is CC[C@@H](C)C[C@H](NC)c1nc(C)c(-c2c[nH]c3ccccc23)o1.O=C(O)C(F)(F)F. The Morgan fingerprint density at radius 1 is 1.33 bits per heavy atom. The number of hydrogen-bond donors (Lipinski definition) is 3. The number of nitrogens with one attached hydrogen (secondary N) is 2. The monoisotopic (exact) mass is 425 g/mol. The zero-order valence-corrected chi connectivity index (χ0v) is 17.3. The van der Waals surface area contributed by atoms with Crippen molar-refractivity contribution in [2.75, 3.05) is 7.05 Å². The quantitative estimate of drug-likeness (QED) is 0.488. The summed E-state index contributed by atoms with van der Waals surface area (Å²) in [4.78, 5) is 16.9. The normalized spacial score (nSPS) is 13.6. The second-order valence-corrected chi connectivity index (χ2v) is 7.11.